The number of aromatic nitrogens is 1. The second-order valence-electron chi connectivity index (χ2n) is 7.19. The van der Waals surface area contributed by atoms with Crippen molar-refractivity contribution in [1.29, 1.82) is 0 Å². The summed E-state index contributed by atoms with van der Waals surface area (Å²) in [5, 5.41) is 0.812. The van der Waals surface area contributed by atoms with Gasteiger partial charge in [-0.2, -0.15) is 0 Å². The molecular formula is C24H20N2O4. The Hall–Kier alpha value is -3.80. The van der Waals surface area contributed by atoms with E-state index in [9.17, 15) is 4.79 Å². The Balaban J connectivity index is 1.48. The number of nitrogens with zero attached hydrogens (tertiary/aromatic N) is 2. The fraction of sp³-hybridized carbons (Fsp3) is 0.167. The number of amides is 1. The van der Waals surface area contributed by atoms with Crippen LogP contribution in [0.4, 0.5) is 0 Å². The number of pyridine rings is 1. The van der Waals surface area contributed by atoms with E-state index in [1.54, 1.807) is 24.3 Å². The number of carbonyl (C=O) groups excluding carboxylic acids is 1. The molecule has 0 saturated carbocycles. The zero-order valence-corrected chi connectivity index (χ0v) is 16.5. The van der Waals surface area contributed by atoms with E-state index in [2.05, 4.69) is 4.98 Å². The van der Waals surface area contributed by atoms with Crippen molar-refractivity contribution in [2.24, 2.45) is 0 Å². The molecule has 30 heavy (non-hydrogen) atoms. The lowest BCUT2D eigenvalue weighted by molar-refractivity contribution is 0.0786. The van der Waals surface area contributed by atoms with Crippen LogP contribution in [0, 0.1) is 0 Å². The maximum absolute atomic E-state index is 13.4. The summed E-state index contributed by atoms with van der Waals surface area (Å²) in [7, 11) is 1.79. The van der Waals surface area contributed by atoms with Gasteiger partial charge < -0.3 is 18.8 Å². The summed E-state index contributed by atoms with van der Waals surface area (Å²) < 4.78 is 16.7. The van der Waals surface area contributed by atoms with E-state index >= 15 is 0 Å². The largest absolute Gasteiger partial charge is 0.486 e. The quantitative estimate of drug-likeness (QED) is 0.503. The summed E-state index contributed by atoms with van der Waals surface area (Å²) in [6.45, 7) is 1.53. The van der Waals surface area contributed by atoms with E-state index in [1.165, 1.54) is 0 Å². The van der Waals surface area contributed by atoms with Gasteiger partial charge >= 0.3 is 0 Å². The van der Waals surface area contributed by atoms with Crippen LogP contribution in [0.15, 0.2) is 71.3 Å². The number of ether oxygens (including phenoxy) is 2. The van der Waals surface area contributed by atoms with Gasteiger partial charge in [0.25, 0.3) is 5.91 Å². The summed E-state index contributed by atoms with van der Waals surface area (Å²) in [5.41, 5.74) is 2.95. The highest BCUT2D eigenvalue weighted by Gasteiger charge is 2.19. The third-order valence-corrected chi connectivity index (χ3v) is 5.09. The summed E-state index contributed by atoms with van der Waals surface area (Å²) in [6, 6.07) is 18.9. The second-order valence-corrected chi connectivity index (χ2v) is 7.19. The maximum atomic E-state index is 13.4. The van der Waals surface area contributed by atoms with Gasteiger partial charge in [-0.15, -0.1) is 0 Å². The van der Waals surface area contributed by atoms with Gasteiger partial charge in [0.2, 0.25) is 0 Å². The van der Waals surface area contributed by atoms with Crippen LogP contribution in [0.3, 0.4) is 0 Å². The molecule has 0 saturated heterocycles. The van der Waals surface area contributed by atoms with E-state index < -0.39 is 0 Å². The summed E-state index contributed by atoms with van der Waals surface area (Å²) in [6.07, 6.45) is 1.60. The molecule has 1 aliphatic rings. The van der Waals surface area contributed by atoms with Crippen molar-refractivity contribution in [1.82, 2.24) is 9.88 Å². The smallest absolute Gasteiger partial charge is 0.254 e. The molecule has 6 nitrogen and oxygen atoms in total. The number of carbonyl (C=O) groups is 1. The van der Waals surface area contributed by atoms with Gasteiger partial charge in [0.05, 0.1) is 17.3 Å². The van der Waals surface area contributed by atoms with Crippen LogP contribution in [0.2, 0.25) is 0 Å². The molecule has 2 aromatic carbocycles. The van der Waals surface area contributed by atoms with Gasteiger partial charge in [0, 0.05) is 19.0 Å². The van der Waals surface area contributed by atoms with Crippen LogP contribution in [-0.4, -0.2) is 36.1 Å². The second kappa shape index (κ2) is 7.55. The Morgan fingerprint density at radius 3 is 2.67 bits per heavy atom. The predicted molar refractivity (Wildman–Crippen MR) is 113 cm³/mol. The summed E-state index contributed by atoms with van der Waals surface area (Å²) in [5.74, 6) is 2.00. The van der Waals surface area contributed by atoms with Crippen molar-refractivity contribution < 1.29 is 18.7 Å². The van der Waals surface area contributed by atoms with Crippen LogP contribution in [-0.2, 0) is 6.54 Å². The lowest BCUT2D eigenvalue weighted by Gasteiger charge is -2.22. The van der Waals surface area contributed by atoms with Crippen molar-refractivity contribution in [2.75, 3.05) is 20.3 Å². The third kappa shape index (κ3) is 3.37. The molecule has 0 atom stereocenters. The molecule has 1 amide bonds. The van der Waals surface area contributed by atoms with Gasteiger partial charge in [-0.1, -0.05) is 24.3 Å². The number of fused-ring (bicyclic) bond motifs is 2. The predicted octanol–water partition coefficient (Wildman–Crippen LogP) is 4.54. The molecular weight excluding hydrogens is 380 g/mol. The average Bonchev–Trinajstić information content (AvgIpc) is 3.33. The van der Waals surface area contributed by atoms with Crippen LogP contribution >= 0.6 is 0 Å². The van der Waals surface area contributed by atoms with E-state index in [4.69, 9.17) is 13.9 Å². The Morgan fingerprint density at radius 1 is 1.00 bits per heavy atom. The van der Waals surface area contributed by atoms with Gasteiger partial charge in [-0.3, -0.25) is 4.79 Å². The van der Waals surface area contributed by atoms with Crippen molar-refractivity contribution in [3.63, 3.8) is 0 Å². The Bertz CT molecular complexity index is 1220. The first kappa shape index (κ1) is 18.2. The number of hydrogen-bond acceptors (Lipinski definition) is 5. The maximum Gasteiger partial charge on any atom is 0.254 e. The molecule has 2 aromatic heterocycles. The zero-order chi connectivity index (χ0) is 20.5. The van der Waals surface area contributed by atoms with Crippen molar-refractivity contribution in [3.05, 3.63) is 78.1 Å². The molecule has 0 spiro atoms. The molecule has 0 radical (unpaired) electrons. The topological polar surface area (TPSA) is 64.8 Å². The molecule has 3 heterocycles. The van der Waals surface area contributed by atoms with Crippen LogP contribution in [0.5, 0.6) is 11.5 Å². The molecule has 6 heteroatoms. The first-order chi connectivity index (χ1) is 14.7. The molecule has 4 aromatic rings. The van der Waals surface area contributed by atoms with Crippen LogP contribution in [0.1, 0.15) is 15.9 Å². The van der Waals surface area contributed by atoms with E-state index in [0.29, 0.717) is 42.5 Å². The lowest BCUT2D eigenvalue weighted by Crippen LogP contribution is -2.26. The fourth-order valence-corrected chi connectivity index (χ4v) is 3.64. The van der Waals surface area contributed by atoms with Crippen molar-refractivity contribution >= 4 is 16.8 Å². The number of benzene rings is 2. The van der Waals surface area contributed by atoms with E-state index in [-0.39, 0.29) is 5.91 Å². The third-order valence-electron chi connectivity index (χ3n) is 5.09. The normalized spacial score (nSPS) is 12.7. The SMILES string of the molecule is CN(Cc1ccc2c(c1)OCCO2)C(=O)c1cc(-c2ccco2)nc2ccccc12. The van der Waals surface area contributed by atoms with Crippen molar-refractivity contribution in [3.8, 4) is 23.0 Å². The Kier molecular flexibility index (Phi) is 4.59. The molecule has 0 N–H and O–H groups in total. The minimum absolute atomic E-state index is 0.0868. The molecule has 0 fully saturated rings. The number of rotatable bonds is 4. The number of hydrogen-bond donors (Lipinski definition) is 0. The highest BCUT2D eigenvalue weighted by molar-refractivity contribution is 6.07. The molecule has 0 unspecified atom stereocenters. The summed E-state index contributed by atoms with van der Waals surface area (Å²) >= 11 is 0. The minimum Gasteiger partial charge on any atom is -0.486 e. The highest BCUT2D eigenvalue weighted by atomic mass is 16.6. The Labute approximate surface area is 173 Å². The molecule has 0 aliphatic carbocycles. The van der Waals surface area contributed by atoms with E-state index in [1.807, 2.05) is 54.6 Å². The highest BCUT2D eigenvalue weighted by Crippen LogP contribution is 2.31. The van der Waals surface area contributed by atoms with Crippen molar-refractivity contribution in [2.45, 2.75) is 6.54 Å². The molecule has 150 valence electrons. The zero-order valence-electron chi connectivity index (χ0n) is 16.5. The van der Waals surface area contributed by atoms with Gasteiger partial charge in [-0.05, 0) is 42.0 Å². The molecule has 1 aliphatic heterocycles. The van der Waals surface area contributed by atoms with Gasteiger partial charge in [0.1, 0.15) is 18.9 Å². The minimum atomic E-state index is -0.0868. The lowest BCUT2D eigenvalue weighted by atomic mass is 10.1. The Morgan fingerprint density at radius 2 is 1.83 bits per heavy atom. The molecule has 0 bridgehead atoms. The standard InChI is InChI=1S/C24H20N2O4/c1-26(15-16-8-9-22-23(13-16)30-12-11-29-22)24(27)18-14-20(21-7-4-10-28-21)25-19-6-3-2-5-17(18)19/h2-10,13-14H,11-12,15H2,1H3. The molecule has 5 rings (SSSR count). The number of para-hydroxylation sites is 1. The first-order valence-electron chi connectivity index (χ1n) is 9.77. The van der Waals surface area contributed by atoms with E-state index in [0.717, 1.165) is 22.2 Å². The van der Waals surface area contributed by atoms with Crippen LogP contribution < -0.4 is 9.47 Å². The van der Waals surface area contributed by atoms with Gasteiger partial charge in [0.15, 0.2) is 17.3 Å². The van der Waals surface area contributed by atoms with Gasteiger partial charge in [-0.25, -0.2) is 4.98 Å². The van der Waals surface area contributed by atoms with Crippen LogP contribution in [0.25, 0.3) is 22.4 Å². The monoisotopic (exact) mass is 400 g/mol. The summed E-state index contributed by atoms with van der Waals surface area (Å²) in [4.78, 5) is 19.7. The fourth-order valence-electron chi connectivity index (χ4n) is 3.64. The first-order valence-corrected chi connectivity index (χ1v) is 9.77. The number of furan rings is 1. The average molecular weight is 400 g/mol.